The molecule has 0 bridgehead atoms. The zero-order chi connectivity index (χ0) is 18.5. The monoisotopic (exact) mass is 380 g/mol. The predicted octanol–water partition coefficient (Wildman–Crippen LogP) is 1.74. The molecule has 26 heavy (non-hydrogen) atoms. The van der Waals surface area contributed by atoms with E-state index >= 15 is 0 Å². The van der Waals surface area contributed by atoms with Gasteiger partial charge in [-0.15, -0.1) is 0 Å². The van der Waals surface area contributed by atoms with Crippen molar-refractivity contribution in [2.75, 3.05) is 24.6 Å². The Labute approximate surface area is 154 Å². The van der Waals surface area contributed by atoms with Crippen LogP contribution in [0.25, 0.3) is 0 Å². The van der Waals surface area contributed by atoms with E-state index in [4.69, 9.17) is 0 Å². The summed E-state index contributed by atoms with van der Waals surface area (Å²) in [6.45, 7) is 3.55. The van der Waals surface area contributed by atoms with Gasteiger partial charge >= 0.3 is 0 Å². The smallest absolute Gasteiger partial charge is 0.226 e. The summed E-state index contributed by atoms with van der Waals surface area (Å²) in [4.78, 5) is 16.7. The molecule has 3 fully saturated rings. The van der Waals surface area contributed by atoms with Gasteiger partial charge in [-0.3, -0.25) is 9.69 Å². The molecule has 0 N–H and O–H groups in total. The van der Waals surface area contributed by atoms with Crippen LogP contribution in [0.2, 0.25) is 0 Å². The summed E-state index contributed by atoms with van der Waals surface area (Å²) in [6.07, 6.45) is 2.95. The van der Waals surface area contributed by atoms with E-state index in [-0.39, 0.29) is 41.2 Å². The van der Waals surface area contributed by atoms with E-state index in [1.165, 1.54) is 6.07 Å². The molecule has 1 saturated carbocycles. The SMILES string of the molecule is Cc1cc(CN2CCN(C(=O)C3CCC3)[C@@H]3CS(=O)(=O)C[C@@H]32)ccc1F. The first-order valence-electron chi connectivity index (χ1n) is 9.34. The van der Waals surface area contributed by atoms with Crippen molar-refractivity contribution in [1.82, 2.24) is 9.80 Å². The number of carbonyl (C=O) groups is 1. The highest BCUT2D eigenvalue weighted by Gasteiger charge is 2.49. The molecule has 0 aromatic heterocycles. The molecule has 1 aromatic rings. The Hall–Kier alpha value is -1.47. The number of amides is 1. The Balaban J connectivity index is 1.54. The third-order valence-corrected chi connectivity index (χ3v) is 7.84. The number of hydrogen-bond donors (Lipinski definition) is 0. The van der Waals surface area contributed by atoms with Crippen molar-refractivity contribution in [3.8, 4) is 0 Å². The molecule has 1 aromatic carbocycles. The van der Waals surface area contributed by atoms with Gasteiger partial charge in [-0.2, -0.15) is 0 Å². The maximum Gasteiger partial charge on any atom is 0.226 e. The minimum absolute atomic E-state index is 0.0646. The quantitative estimate of drug-likeness (QED) is 0.802. The number of aryl methyl sites for hydroxylation is 1. The summed E-state index contributed by atoms with van der Waals surface area (Å²) in [7, 11) is -3.15. The second-order valence-electron chi connectivity index (χ2n) is 7.93. The summed E-state index contributed by atoms with van der Waals surface area (Å²) in [5.41, 5.74) is 1.57. The first kappa shape index (κ1) is 17.9. The predicted molar refractivity (Wildman–Crippen MR) is 96.8 cm³/mol. The third kappa shape index (κ3) is 3.27. The Morgan fingerprint density at radius 2 is 1.92 bits per heavy atom. The van der Waals surface area contributed by atoms with Gasteiger partial charge in [0.15, 0.2) is 9.84 Å². The standard InChI is InChI=1S/C19H25FN2O3S/c1-13-9-14(5-6-16(13)20)10-21-7-8-22(19(23)15-3-2-4-15)18-12-26(24,25)11-17(18)21/h5-6,9,15,17-18H,2-4,7-8,10-12H2,1H3/t17-,18+/m0/s1. The molecule has 2 heterocycles. The lowest BCUT2D eigenvalue weighted by molar-refractivity contribution is -0.144. The molecule has 1 amide bonds. The highest BCUT2D eigenvalue weighted by molar-refractivity contribution is 7.91. The Bertz CT molecular complexity index is 822. The average molecular weight is 380 g/mol. The highest BCUT2D eigenvalue weighted by Crippen LogP contribution is 2.34. The van der Waals surface area contributed by atoms with Crippen molar-refractivity contribution < 1.29 is 17.6 Å². The lowest BCUT2D eigenvalue weighted by atomic mass is 9.83. The Kier molecular flexibility index (Phi) is 4.55. The van der Waals surface area contributed by atoms with Gasteiger partial charge in [0.05, 0.1) is 17.5 Å². The van der Waals surface area contributed by atoms with Crippen molar-refractivity contribution in [2.24, 2.45) is 5.92 Å². The van der Waals surface area contributed by atoms with E-state index in [9.17, 15) is 17.6 Å². The molecule has 7 heteroatoms. The fraction of sp³-hybridized carbons (Fsp3) is 0.632. The molecule has 4 rings (SSSR count). The first-order chi connectivity index (χ1) is 12.3. The van der Waals surface area contributed by atoms with Crippen LogP contribution in [0.3, 0.4) is 0 Å². The molecule has 142 valence electrons. The lowest BCUT2D eigenvalue weighted by Gasteiger charge is -2.45. The van der Waals surface area contributed by atoms with Crippen LogP contribution in [0.15, 0.2) is 18.2 Å². The first-order valence-corrected chi connectivity index (χ1v) is 11.2. The van der Waals surface area contributed by atoms with Crippen molar-refractivity contribution in [3.05, 3.63) is 35.1 Å². The normalized spacial score (nSPS) is 28.6. The van der Waals surface area contributed by atoms with Crippen LogP contribution >= 0.6 is 0 Å². The van der Waals surface area contributed by atoms with E-state index in [2.05, 4.69) is 4.90 Å². The number of hydrogen-bond acceptors (Lipinski definition) is 4. The zero-order valence-corrected chi connectivity index (χ0v) is 15.8. The van der Waals surface area contributed by atoms with E-state index in [1.807, 2.05) is 11.0 Å². The number of carbonyl (C=O) groups excluding carboxylic acids is 1. The summed E-state index contributed by atoms with van der Waals surface area (Å²) in [5.74, 6) is 0.165. The van der Waals surface area contributed by atoms with Gasteiger partial charge in [0.25, 0.3) is 0 Å². The van der Waals surface area contributed by atoms with Crippen molar-refractivity contribution in [1.29, 1.82) is 0 Å². The number of rotatable bonds is 3. The molecule has 5 nitrogen and oxygen atoms in total. The second kappa shape index (κ2) is 6.60. The van der Waals surface area contributed by atoms with Gasteiger partial charge in [-0.1, -0.05) is 18.6 Å². The molecule has 0 unspecified atom stereocenters. The van der Waals surface area contributed by atoms with Gasteiger partial charge in [0, 0.05) is 31.6 Å². The summed E-state index contributed by atoms with van der Waals surface area (Å²) >= 11 is 0. The molecule has 2 atom stereocenters. The number of sulfone groups is 1. The molecule has 2 saturated heterocycles. The topological polar surface area (TPSA) is 57.7 Å². The van der Waals surface area contributed by atoms with Crippen LogP contribution < -0.4 is 0 Å². The van der Waals surface area contributed by atoms with Crippen molar-refractivity contribution in [2.45, 2.75) is 44.8 Å². The van der Waals surface area contributed by atoms with Gasteiger partial charge in [-0.25, -0.2) is 12.8 Å². The van der Waals surface area contributed by atoms with E-state index in [0.717, 1.165) is 24.8 Å². The fourth-order valence-electron chi connectivity index (χ4n) is 4.42. The van der Waals surface area contributed by atoms with Crippen molar-refractivity contribution >= 4 is 15.7 Å². The maximum atomic E-state index is 13.5. The van der Waals surface area contributed by atoms with E-state index in [1.54, 1.807) is 13.0 Å². The number of benzene rings is 1. The van der Waals surface area contributed by atoms with Gasteiger partial charge in [0.2, 0.25) is 5.91 Å². The summed E-state index contributed by atoms with van der Waals surface area (Å²) in [5, 5.41) is 0. The number of halogens is 1. The second-order valence-corrected chi connectivity index (χ2v) is 10.1. The van der Waals surface area contributed by atoms with Crippen LogP contribution in [0.4, 0.5) is 4.39 Å². The van der Waals surface area contributed by atoms with E-state index < -0.39 is 9.84 Å². The number of nitrogens with zero attached hydrogens (tertiary/aromatic N) is 2. The van der Waals surface area contributed by atoms with Gasteiger partial charge in [0.1, 0.15) is 5.82 Å². The fourth-order valence-corrected chi connectivity index (χ4v) is 6.44. The molecule has 0 radical (unpaired) electrons. The Morgan fingerprint density at radius 3 is 2.58 bits per heavy atom. The largest absolute Gasteiger partial charge is 0.336 e. The number of piperazine rings is 1. The van der Waals surface area contributed by atoms with Crippen molar-refractivity contribution in [3.63, 3.8) is 0 Å². The van der Waals surface area contributed by atoms with Gasteiger partial charge in [-0.05, 0) is 37.0 Å². The zero-order valence-electron chi connectivity index (χ0n) is 15.0. The summed E-state index contributed by atoms with van der Waals surface area (Å²) < 4.78 is 38.1. The van der Waals surface area contributed by atoms with Crippen LogP contribution in [-0.2, 0) is 21.2 Å². The van der Waals surface area contributed by atoms with E-state index in [0.29, 0.717) is 25.2 Å². The molecule has 0 spiro atoms. The minimum atomic E-state index is -3.15. The minimum Gasteiger partial charge on any atom is -0.336 e. The van der Waals surface area contributed by atoms with Crippen LogP contribution in [-0.4, -0.2) is 60.8 Å². The third-order valence-electron chi connectivity index (χ3n) is 6.14. The number of fused-ring (bicyclic) bond motifs is 1. The molecule has 2 aliphatic heterocycles. The molecule has 1 aliphatic carbocycles. The Morgan fingerprint density at radius 1 is 1.19 bits per heavy atom. The van der Waals surface area contributed by atoms with Gasteiger partial charge < -0.3 is 4.90 Å². The molecular weight excluding hydrogens is 355 g/mol. The van der Waals surface area contributed by atoms with Crippen LogP contribution in [0.1, 0.15) is 30.4 Å². The highest BCUT2D eigenvalue weighted by atomic mass is 32.2. The van der Waals surface area contributed by atoms with Crippen LogP contribution in [0.5, 0.6) is 0 Å². The lowest BCUT2D eigenvalue weighted by Crippen LogP contribution is -2.61. The molecule has 3 aliphatic rings. The summed E-state index contributed by atoms with van der Waals surface area (Å²) in [6, 6.07) is 4.63. The van der Waals surface area contributed by atoms with Crippen LogP contribution in [0, 0.1) is 18.7 Å². The average Bonchev–Trinajstić information content (AvgIpc) is 2.85. The molecular formula is C19H25FN2O3S. The maximum absolute atomic E-state index is 13.5.